The average molecular weight is 402 g/mol. The summed E-state index contributed by atoms with van der Waals surface area (Å²) in [6, 6.07) is 4.67. The Labute approximate surface area is 160 Å². The molecular formula is C19H16F2N4O2S. The summed E-state index contributed by atoms with van der Waals surface area (Å²) in [5, 5.41) is 0.504. The normalized spacial score (nSPS) is 19.8. The second kappa shape index (κ2) is 6.23. The Kier molecular flexibility index (Phi) is 4.07. The van der Waals surface area contributed by atoms with Gasteiger partial charge in [-0.1, -0.05) is 6.08 Å². The van der Waals surface area contributed by atoms with Crippen LogP contribution < -0.4 is 5.73 Å². The highest BCUT2D eigenvalue weighted by Gasteiger charge is 2.40. The predicted molar refractivity (Wildman–Crippen MR) is 103 cm³/mol. The van der Waals surface area contributed by atoms with Crippen LogP contribution in [-0.4, -0.2) is 27.1 Å². The monoisotopic (exact) mass is 402 g/mol. The maximum Gasteiger partial charge on any atom is 0.249 e. The Morgan fingerprint density at radius 3 is 2.79 bits per heavy atom. The number of nitrogens with two attached hydrogens (primary N) is 1. The molecule has 144 valence electrons. The molecule has 0 saturated heterocycles. The molecule has 1 aliphatic carbocycles. The summed E-state index contributed by atoms with van der Waals surface area (Å²) in [5.41, 5.74) is 6.44. The van der Waals surface area contributed by atoms with Gasteiger partial charge in [-0.25, -0.2) is 26.2 Å². The van der Waals surface area contributed by atoms with Gasteiger partial charge in [0.25, 0.3) is 0 Å². The van der Waals surface area contributed by atoms with E-state index in [0.717, 1.165) is 16.2 Å². The maximum atomic E-state index is 13.8. The lowest BCUT2D eigenvalue weighted by Gasteiger charge is -2.27. The molecule has 0 fully saturated rings. The van der Waals surface area contributed by atoms with Gasteiger partial charge in [-0.15, -0.1) is 0 Å². The zero-order chi connectivity index (χ0) is 20.1. The third-order valence-electron chi connectivity index (χ3n) is 4.78. The quantitative estimate of drug-likeness (QED) is 0.723. The van der Waals surface area contributed by atoms with Crippen LogP contribution in [-0.2, 0) is 10.0 Å². The molecule has 0 radical (unpaired) electrons. The van der Waals surface area contributed by atoms with Crippen molar-refractivity contribution in [2.45, 2.75) is 18.1 Å². The van der Waals surface area contributed by atoms with Crippen molar-refractivity contribution in [3.8, 4) is 11.3 Å². The van der Waals surface area contributed by atoms with Gasteiger partial charge in [0.15, 0.2) is 11.5 Å². The molecule has 3 aromatic heterocycles. The number of rotatable bonds is 3. The highest BCUT2D eigenvalue weighted by molar-refractivity contribution is 7.91. The highest BCUT2D eigenvalue weighted by atomic mass is 32.2. The standard InChI is InChI=1S/C19H16F2N4O2S/c1-19(6-2-4-12(20)9-19)28(26,27)25-11-14(13-5-3-7-23-18(13)25)17-8-16(22)15(21)10-24-17/h2-5,7-11H,6H2,1H3,(H2,22,24). The highest BCUT2D eigenvalue weighted by Crippen LogP contribution is 2.36. The summed E-state index contributed by atoms with van der Waals surface area (Å²) in [7, 11) is -4.07. The number of allylic oxidation sites excluding steroid dienone is 3. The van der Waals surface area contributed by atoms with Gasteiger partial charge in [-0.2, -0.15) is 0 Å². The van der Waals surface area contributed by atoms with Crippen LogP contribution in [0.5, 0.6) is 0 Å². The van der Waals surface area contributed by atoms with E-state index >= 15 is 0 Å². The second-order valence-corrected chi connectivity index (χ2v) is 9.03. The topological polar surface area (TPSA) is 90.9 Å². The minimum Gasteiger partial charge on any atom is -0.396 e. The molecule has 4 rings (SSSR count). The van der Waals surface area contributed by atoms with E-state index in [1.54, 1.807) is 12.1 Å². The zero-order valence-corrected chi connectivity index (χ0v) is 15.6. The maximum absolute atomic E-state index is 13.8. The fraction of sp³-hybridized carbons (Fsp3) is 0.158. The SMILES string of the molecule is CC1(S(=O)(=O)n2cc(-c3cc(N)c(F)cn3)c3cccnc32)C=C(F)C=CC1. The van der Waals surface area contributed by atoms with Crippen molar-refractivity contribution in [3.63, 3.8) is 0 Å². The molecule has 0 amide bonds. The smallest absolute Gasteiger partial charge is 0.249 e. The van der Waals surface area contributed by atoms with Crippen LogP contribution in [0.1, 0.15) is 13.3 Å². The number of hydrogen-bond donors (Lipinski definition) is 1. The van der Waals surface area contributed by atoms with Crippen molar-refractivity contribution in [1.82, 2.24) is 13.9 Å². The van der Waals surface area contributed by atoms with Crippen LogP contribution in [0, 0.1) is 5.82 Å². The molecule has 2 N–H and O–H groups in total. The van der Waals surface area contributed by atoms with Crippen LogP contribution in [0.4, 0.5) is 14.5 Å². The third kappa shape index (κ3) is 2.70. The molecule has 1 aliphatic rings. The molecule has 0 aromatic carbocycles. The van der Waals surface area contributed by atoms with Crippen molar-refractivity contribution in [2.24, 2.45) is 0 Å². The zero-order valence-electron chi connectivity index (χ0n) is 14.8. The molecule has 9 heteroatoms. The fourth-order valence-electron chi connectivity index (χ4n) is 3.23. The molecular weight excluding hydrogens is 386 g/mol. The van der Waals surface area contributed by atoms with E-state index in [2.05, 4.69) is 9.97 Å². The van der Waals surface area contributed by atoms with Crippen molar-refractivity contribution < 1.29 is 17.2 Å². The number of pyridine rings is 2. The molecule has 0 saturated carbocycles. The molecule has 1 atom stereocenters. The summed E-state index contributed by atoms with van der Waals surface area (Å²) in [6.07, 6.45) is 7.72. The number of fused-ring (bicyclic) bond motifs is 1. The van der Waals surface area contributed by atoms with Gasteiger partial charge in [-0.3, -0.25) is 4.98 Å². The lowest BCUT2D eigenvalue weighted by atomic mass is 10.0. The minimum absolute atomic E-state index is 0.105. The van der Waals surface area contributed by atoms with E-state index in [1.807, 2.05) is 0 Å². The number of anilines is 1. The summed E-state index contributed by atoms with van der Waals surface area (Å²) in [4.78, 5) is 8.22. The Bertz CT molecular complexity index is 1260. The van der Waals surface area contributed by atoms with Gasteiger partial charge in [0.1, 0.15) is 10.6 Å². The lowest BCUT2D eigenvalue weighted by molar-refractivity contribution is 0.545. The summed E-state index contributed by atoms with van der Waals surface area (Å²) >= 11 is 0. The van der Waals surface area contributed by atoms with Crippen molar-refractivity contribution in [2.75, 3.05) is 5.73 Å². The number of aromatic nitrogens is 3. The second-order valence-electron chi connectivity index (χ2n) is 6.76. The van der Waals surface area contributed by atoms with E-state index < -0.39 is 26.4 Å². The van der Waals surface area contributed by atoms with Crippen LogP contribution in [0.15, 0.2) is 60.8 Å². The summed E-state index contributed by atoms with van der Waals surface area (Å²) in [5.74, 6) is -1.28. The minimum atomic E-state index is -4.07. The van der Waals surface area contributed by atoms with Gasteiger partial charge in [0.2, 0.25) is 10.0 Å². The van der Waals surface area contributed by atoms with Crippen LogP contribution in [0.25, 0.3) is 22.3 Å². The van der Waals surface area contributed by atoms with Crippen molar-refractivity contribution in [1.29, 1.82) is 0 Å². The Morgan fingerprint density at radius 1 is 1.29 bits per heavy atom. The lowest BCUT2D eigenvalue weighted by Crippen LogP contribution is -2.38. The van der Waals surface area contributed by atoms with Crippen molar-refractivity contribution in [3.05, 3.63) is 66.7 Å². The van der Waals surface area contributed by atoms with E-state index in [1.165, 1.54) is 37.5 Å². The van der Waals surface area contributed by atoms with Crippen molar-refractivity contribution >= 4 is 26.7 Å². The number of hydrogen-bond acceptors (Lipinski definition) is 5. The number of halogens is 2. The average Bonchev–Trinajstić information content (AvgIpc) is 3.04. The molecule has 6 nitrogen and oxygen atoms in total. The van der Waals surface area contributed by atoms with Crippen LogP contribution in [0.3, 0.4) is 0 Å². The van der Waals surface area contributed by atoms with Crippen LogP contribution >= 0.6 is 0 Å². The number of nitrogen functional groups attached to an aromatic ring is 1. The van der Waals surface area contributed by atoms with Gasteiger partial charge in [-0.05, 0) is 43.7 Å². The first-order valence-corrected chi connectivity index (χ1v) is 9.84. The van der Waals surface area contributed by atoms with E-state index in [0.29, 0.717) is 16.6 Å². The summed E-state index contributed by atoms with van der Waals surface area (Å²) < 4.78 is 53.7. The first-order chi connectivity index (χ1) is 13.2. The first-order valence-electron chi connectivity index (χ1n) is 8.40. The molecule has 1 unspecified atom stereocenters. The summed E-state index contributed by atoms with van der Waals surface area (Å²) in [6.45, 7) is 1.45. The van der Waals surface area contributed by atoms with Gasteiger partial charge >= 0.3 is 0 Å². The molecule has 3 heterocycles. The molecule has 3 aromatic rings. The molecule has 0 spiro atoms. The number of nitrogens with zero attached hydrogens (tertiary/aromatic N) is 3. The molecule has 28 heavy (non-hydrogen) atoms. The Morgan fingerprint density at radius 2 is 2.07 bits per heavy atom. The van der Waals surface area contributed by atoms with Gasteiger partial charge in [0.05, 0.1) is 17.6 Å². The van der Waals surface area contributed by atoms with E-state index in [4.69, 9.17) is 5.73 Å². The van der Waals surface area contributed by atoms with Gasteiger partial charge < -0.3 is 5.73 Å². The van der Waals surface area contributed by atoms with Crippen LogP contribution in [0.2, 0.25) is 0 Å². The predicted octanol–water partition coefficient (Wildman–Crippen LogP) is 3.57. The third-order valence-corrected chi connectivity index (χ3v) is 7.04. The fourth-order valence-corrected chi connectivity index (χ4v) is 4.86. The Balaban J connectivity index is 1.97. The van der Waals surface area contributed by atoms with E-state index in [-0.39, 0.29) is 17.8 Å². The van der Waals surface area contributed by atoms with E-state index in [9.17, 15) is 17.2 Å². The molecule has 0 aliphatic heterocycles. The first kappa shape index (κ1) is 18.3. The molecule has 0 bridgehead atoms. The largest absolute Gasteiger partial charge is 0.396 e. The Hall–Kier alpha value is -3.07. The van der Waals surface area contributed by atoms with Gasteiger partial charge in [0, 0.05) is 23.3 Å².